The molecule has 0 saturated carbocycles. The summed E-state index contributed by atoms with van der Waals surface area (Å²) in [6.45, 7) is 0. The summed E-state index contributed by atoms with van der Waals surface area (Å²) in [5.74, 6) is -0.130. The number of alkyl halides is 3. The van der Waals surface area contributed by atoms with Gasteiger partial charge in [0, 0.05) is 16.7 Å². The Morgan fingerprint density at radius 2 is 1.07 bits per heavy atom. The van der Waals surface area contributed by atoms with Crippen LogP contribution in [0.5, 0.6) is 11.5 Å². The SMILES string of the molecule is Oc1ccccc1-c1ccc(-c2c(O)ccc(C(F)(F)F)c2-c2ccccc2)cc1. The van der Waals surface area contributed by atoms with E-state index in [0.717, 1.165) is 12.1 Å². The first kappa shape index (κ1) is 19.6. The third-order valence-corrected chi connectivity index (χ3v) is 4.94. The second-order valence-electron chi connectivity index (χ2n) is 6.84. The average Bonchev–Trinajstić information content (AvgIpc) is 2.74. The van der Waals surface area contributed by atoms with E-state index in [1.54, 1.807) is 78.9 Å². The Labute approximate surface area is 171 Å². The van der Waals surface area contributed by atoms with Gasteiger partial charge in [0.2, 0.25) is 0 Å². The minimum atomic E-state index is -4.58. The van der Waals surface area contributed by atoms with Crippen molar-refractivity contribution in [3.8, 4) is 44.9 Å². The molecular formula is C25H17F3O2. The van der Waals surface area contributed by atoms with Crippen molar-refractivity contribution in [2.24, 2.45) is 0 Å². The number of benzene rings is 4. The third kappa shape index (κ3) is 3.62. The van der Waals surface area contributed by atoms with Crippen LogP contribution >= 0.6 is 0 Å². The van der Waals surface area contributed by atoms with E-state index in [-0.39, 0.29) is 22.6 Å². The molecule has 0 radical (unpaired) electrons. The second-order valence-corrected chi connectivity index (χ2v) is 6.84. The van der Waals surface area contributed by atoms with Crippen molar-refractivity contribution < 1.29 is 23.4 Å². The number of phenols is 2. The molecule has 0 spiro atoms. The van der Waals surface area contributed by atoms with Crippen LogP contribution in [0.25, 0.3) is 33.4 Å². The Hall–Kier alpha value is -3.73. The zero-order chi connectivity index (χ0) is 21.3. The van der Waals surface area contributed by atoms with Gasteiger partial charge < -0.3 is 10.2 Å². The average molecular weight is 406 g/mol. The molecule has 5 heteroatoms. The van der Waals surface area contributed by atoms with Gasteiger partial charge in [-0.05, 0) is 34.9 Å². The summed E-state index contributed by atoms with van der Waals surface area (Å²) in [6.07, 6.45) is -4.58. The van der Waals surface area contributed by atoms with Crippen molar-refractivity contribution in [3.05, 3.63) is 96.6 Å². The van der Waals surface area contributed by atoms with Crippen molar-refractivity contribution in [2.45, 2.75) is 6.18 Å². The smallest absolute Gasteiger partial charge is 0.417 e. The molecule has 4 aromatic rings. The van der Waals surface area contributed by atoms with Crippen LogP contribution in [-0.4, -0.2) is 10.2 Å². The maximum absolute atomic E-state index is 13.8. The van der Waals surface area contributed by atoms with Crippen LogP contribution in [0.1, 0.15) is 5.56 Å². The Morgan fingerprint density at radius 1 is 0.500 bits per heavy atom. The lowest BCUT2D eigenvalue weighted by Crippen LogP contribution is -2.08. The Bertz CT molecular complexity index is 1180. The van der Waals surface area contributed by atoms with Crippen LogP contribution in [-0.2, 0) is 6.18 Å². The van der Waals surface area contributed by atoms with Gasteiger partial charge in [0.15, 0.2) is 0 Å². The fraction of sp³-hybridized carbons (Fsp3) is 0.0400. The number of para-hydroxylation sites is 1. The number of halogens is 3. The molecule has 2 nitrogen and oxygen atoms in total. The van der Waals surface area contributed by atoms with Gasteiger partial charge in [-0.25, -0.2) is 0 Å². The standard InChI is InChI=1S/C25H17F3O2/c26-25(27,28)20-14-15-22(30)24(23(20)17-6-2-1-3-7-17)18-12-10-16(11-13-18)19-8-4-5-9-21(19)29/h1-15,29-30H. The highest BCUT2D eigenvalue weighted by atomic mass is 19.4. The van der Waals surface area contributed by atoms with E-state index in [1.165, 1.54) is 0 Å². The van der Waals surface area contributed by atoms with Crippen molar-refractivity contribution >= 4 is 0 Å². The van der Waals surface area contributed by atoms with Gasteiger partial charge in [0.1, 0.15) is 11.5 Å². The number of hydrogen-bond acceptors (Lipinski definition) is 2. The molecule has 0 heterocycles. The predicted octanol–water partition coefficient (Wildman–Crippen LogP) is 7.12. The monoisotopic (exact) mass is 406 g/mol. The van der Waals surface area contributed by atoms with E-state index in [1.807, 2.05) is 0 Å². The minimum absolute atomic E-state index is 0.0709. The second kappa shape index (κ2) is 7.59. The van der Waals surface area contributed by atoms with Crippen LogP contribution in [0.15, 0.2) is 91.0 Å². The minimum Gasteiger partial charge on any atom is -0.507 e. The highest BCUT2D eigenvalue weighted by Crippen LogP contribution is 2.46. The van der Waals surface area contributed by atoms with Crippen molar-refractivity contribution in [1.82, 2.24) is 0 Å². The van der Waals surface area contributed by atoms with E-state index in [0.29, 0.717) is 22.3 Å². The molecule has 0 unspecified atom stereocenters. The quantitative estimate of drug-likeness (QED) is 0.380. The van der Waals surface area contributed by atoms with E-state index in [4.69, 9.17) is 0 Å². The topological polar surface area (TPSA) is 40.5 Å². The molecule has 0 aliphatic carbocycles. The number of phenolic OH excluding ortho intramolecular Hbond substituents is 2. The number of aromatic hydroxyl groups is 2. The molecule has 0 aromatic heterocycles. The molecule has 4 aromatic carbocycles. The Kier molecular flexibility index (Phi) is 4.96. The molecular weight excluding hydrogens is 389 g/mol. The maximum Gasteiger partial charge on any atom is 0.417 e. The summed E-state index contributed by atoms with van der Waals surface area (Å²) >= 11 is 0. The molecule has 0 aliphatic rings. The van der Waals surface area contributed by atoms with Crippen LogP contribution < -0.4 is 0 Å². The van der Waals surface area contributed by atoms with Crippen molar-refractivity contribution in [3.63, 3.8) is 0 Å². The summed E-state index contributed by atoms with van der Waals surface area (Å²) < 4.78 is 41.3. The Morgan fingerprint density at radius 3 is 1.70 bits per heavy atom. The van der Waals surface area contributed by atoms with Gasteiger partial charge in [-0.1, -0.05) is 72.8 Å². The highest BCUT2D eigenvalue weighted by Gasteiger charge is 2.35. The fourth-order valence-electron chi connectivity index (χ4n) is 3.56. The van der Waals surface area contributed by atoms with E-state index in [2.05, 4.69) is 0 Å². The summed E-state index contributed by atoms with van der Waals surface area (Å²) in [5, 5.41) is 20.6. The first-order valence-electron chi connectivity index (χ1n) is 9.23. The molecule has 0 saturated heterocycles. The van der Waals surface area contributed by atoms with Crippen LogP contribution in [0.4, 0.5) is 13.2 Å². The lowest BCUT2D eigenvalue weighted by molar-refractivity contribution is -0.137. The summed E-state index contributed by atoms with van der Waals surface area (Å²) in [6, 6.07) is 23.7. The molecule has 0 atom stereocenters. The summed E-state index contributed by atoms with van der Waals surface area (Å²) in [7, 11) is 0. The molecule has 0 bridgehead atoms. The lowest BCUT2D eigenvalue weighted by atomic mass is 9.88. The first-order chi connectivity index (χ1) is 14.4. The van der Waals surface area contributed by atoms with Gasteiger partial charge in [-0.15, -0.1) is 0 Å². The zero-order valence-electron chi connectivity index (χ0n) is 15.7. The molecule has 0 amide bonds. The fourth-order valence-corrected chi connectivity index (χ4v) is 3.56. The largest absolute Gasteiger partial charge is 0.507 e. The van der Waals surface area contributed by atoms with Gasteiger partial charge >= 0.3 is 6.18 Å². The molecule has 0 aliphatic heterocycles. The lowest BCUT2D eigenvalue weighted by Gasteiger charge is -2.19. The maximum atomic E-state index is 13.8. The van der Waals surface area contributed by atoms with E-state index < -0.39 is 11.7 Å². The molecule has 150 valence electrons. The van der Waals surface area contributed by atoms with Gasteiger partial charge in [-0.2, -0.15) is 13.2 Å². The van der Waals surface area contributed by atoms with E-state index in [9.17, 15) is 23.4 Å². The zero-order valence-corrected chi connectivity index (χ0v) is 15.7. The molecule has 0 fully saturated rings. The van der Waals surface area contributed by atoms with Crippen molar-refractivity contribution in [1.29, 1.82) is 0 Å². The molecule has 30 heavy (non-hydrogen) atoms. The number of hydrogen-bond donors (Lipinski definition) is 2. The summed E-state index contributed by atoms with van der Waals surface area (Å²) in [4.78, 5) is 0. The van der Waals surface area contributed by atoms with Crippen LogP contribution in [0, 0.1) is 0 Å². The normalized spacial score (nSPS) is 11.4. The molecule has 4 rings (SSSR count). The molecule has 2 N–H and O–H groups in total. The van der Waals surface area contributed by atoms with E-state index >= 15 is 0 Å². The predicted molar refractivity (Wildman–Crippen MR) is 111 cm³/mol. The van der Waals surface area contributed by atoms with Gasteiger partial charge in [-0.3, -0.25) is 0 Å². The summed E-state index contributed by atoms with van der Waals surface area (Å²) in [5.41, 5.74) is 1.35. The number of rotatable bonds is 3. The van der Waals surface area contributed by atoms with Gasteiger partial charge in [0.25, 0.3) is 0 Å². The van der Waals surface area contributed by atoms with Crippen molar-refractivity contribution in [2.75, 3.05) is 0 Å². The third-order valence-electron chi connectivity index (χ3n) is 4.94. The van der Waals surface area contributed by atoms with Crippen LogP contribution in [0.2, 0.25) is 0 Å². The first-order valence-corrected chi connectivity index (χ1v) is 9.23. The van der Waals surface area contributed by atoms with Gasteiger partial charge in [0.05, 0.1) is 5.56 Å². The Balaban J connectivity index is 1.92. The highest BCUT2D eigenvalue weighted by molar-refractivity contribution is 5.90. The van der Waals surface area contributed by atoms with Crippen LogP contribution in [0.3, 0.4) is 0 Å².